The summed E-state index contributed by atoms with van der Waals surface area (Å²) < 4.78 is 5.46. The number of benzene rings is 1. The Morgan fingerprint density at radius 3 is 2.70 bits per heavy atom. The van der Waals surface area contributed by atoms with Crippen molar-refractivity contribution >= 4 is 17.5 Å². The maximum atomic E-state index is 12.2. The summed E-state index contributed by atoms with van der Waals surface area (Å²) in [5.74, 6) is 1.18. The molecule has 3 rings (SSSR count). The first-order chi connectivity index (χ1) is 13.1. The highest BCUT2D eigenvalue weighted by molar-refractivity contribution is 6.30. The Balaban J connectivity index is 1.46. The number of rotatable bonds is 8. The van der Waals surface area contributed by atoms with Gasteiger partial charge in [-0.3, -0.25) is 4.79 Å². The molecule has 0 bridgehead atoms. The molecule has 146 valence electrons. The molecule has 27 heavy (non-hydrogen) atoms. The quantitative estimate of drug-likeness (QED) is 0.707. The third-order valence-corrected chi connectivity index (χ3v) is 5.47. The topological polar surface area (TPSA) is 75.4 Å². The number of nitrogens with zero attached hydrogens (tertiary/aromatic N) is 1. The van der Waals surface area contributed by atoms with Crippen molar-refractivity contribution in [2.24, 2.45) is 11.8 Å². The number of carbonyl (C=O) groups excluding carboxylic acids is 1. The van der Waals surface area contributed by atoms with Crippen LogP contribution in [0.4, 0.5) is 0 Å². The summed E-state index contributed by atoms with van der Waals surface area (Å²) in [7, 11) is 0. The minimum atomic E-state index is -0.104. The van der Waals surface area contributed by atoms with Gasteiger partial charge in [0, 0.05) is 23.7 Å². The van der Waals surface area contributed by atoms with Gasteiger partial charge in [-0.25, -0.2) is 4.98 Å². The standard InChI is InChI=1S/C21H27ClN2O3/c22-18-8-6-17(7-9-18)21-24-19(14-27-21)11-20(26)23-12-16(13-25)10-15-4-2-1-3-5-15/h6-9,14-16,25H,1-5,10-13H2,(H,23,26)/t16-/m1/s1. The van der Waals surface area contributed by atoms with Crippen molar-refractivity contribution in [1.29, 1.82) is 0 Å². The highest BCUT2D eigenvalue weighted by Crippen LogP contribution is 2.28. The third-order valence-electron chi connectivity index (χ3n) is 5.22. The molecule has 1 aromatic heterocycles. The van der Waals surface area contributed by atoms with E-state index in [9.17, 15) is 9.90 Å². The van der Waals surface area contributed by atoms with Gasteiger partial charge in [-0.05, 0) is 42.5 Å². The maximum absolute atomic E-state index is 12.2. The van der Waals surface area contributed by atoms with E-state index < -0.39 is 0 Å². The Morgan fingerprint density at radius 1 is 1.26 bits per heavy atom. The maximum Gasteiger partial charge on any atom is 0.226 e. The first kappa shape index (κ1) is 19.9. The third kappa shape index (κ3) is 6.08. The summed E-state index contributed by atoms with van der Waals surface area (Å²) in [6.07, 6.45) is 9.06. The van der Waals surface area contributed by atoms with E-state index in [1.54, 1.807) is 12.1 Å². The zero-order valence-corrected chi connectivity index (χ0v) is 16.3. The molecule has 1 atom stereocenters. The molecule has 5 nitrogen and oxygen atoms in total. The van der Waals surface area contributed by atoms with E-state index in [1.165, 1.54) is 38.4 Å². The summed E-state index contributed by atoms with van der Waals surface area (Å²) >= 11 is 5.89. The highest BCUT2D eigenvalue weighted by atomic mass is 35.5. The lowest BCUT2D eigenvalue weighted by atomic mass is 9.83. The number of hydrogen-bond acceptors (Lipinski definition) is 4. The van der Waals surface area contributed by atoms with Gasteiger partial charge >= 0.3 is 0 Å². The summed E-state index contributed by atoms with van der Waals surface area (Å²) in [5.41, 5.74) is 1.41. The van der Waals surface area contributed by atoms with Crippen LogP contribution in [0.2, 0.25) is 5.02 Å². The molecule has 0 spiro atoms. The van der Waals surface area contributed by atoms with Crippen molar-refractivity contribution < 1.29 is 14.3 Å². The summed E-state index contributed by atoms with van der Waals surface area (Å²) in [6, 6.07) is 7.20. The van der Waals surface area contributed by atoms with Gasteiger partial charge in [0.25, 0.3) is 0 Å². The van der Waals surface area contributed by atoms with Crippen molar-refractivity contribution in [2.75, 3.05) is 13.2 Å². The Hall–Kier alpha value is -1.85. The number of oxazole rings is 1. The van der Waals surface area contributed by atoms with E-state index in [0.717, 1.165) is 12.0 Å². The number of carbonyl (C=O) groups is 1. The SMILES string of the molecule is O=C(Cc1coc(-c2ccc(Cl)cc2)n1)NC[C@H](CO)CC1CCCCC1. The summed E-state index contributed by atoms with van der Waals surface area (Å²) in [6.45, 7) is 0.620. The number of aliphatic hydroxyl groups excluding tert-OH is 1. The second kappa shape index (κ2) is 9.90. The molecule has 1 aliphatic rings. The van der Waals surface area contributed by atoms with Crippen LogP contribution in [0.5, 0.6) is 0 Å². The van der Waals surface area contributed by atoms with E-state index in [0.29, 0.717) is 29.1 Å². The molecule has 1 heterocycles. The second-order valence-electron chi connectivity index (χ2n) is 7.42. The fourth-order valence-electron chi connectivity index (χ4n) is 3.72. The van der Waals surface area contributed by atoms with E-state index in [2.05, 4.69) is 10.3 Å². The van der Waals surface area contributed by atoms with Crippen LogP contribution in [-0.4, -0.2) is 29.1 Å². The van der Waals surface area contributed by atoms with E-state index >= 15 is 0 Å². The fraction of sp³-hybridized carbons (Fsp3) is 0.524. The van der Waals surface area contributed by atoms with E-state index in [4.69, 9.17) is 16.0 Å². The number of hydrogen-bond donors (Lipinski definition) is 2. The first-order valence-corrected chi connectivity index (χ1v) is 10.1. The molecule has 1 aliphatic carbocycles. The average molecular weight is 391 g/mol. The molecule has 1 fully saturated rings. The average Bonchev–Trinajstić information content (AvgIpc) is 3.15. The van der Waals surface area contributed by atoms with Crippen molar-refractivity contribution in [1.82, 2.24) is 10.3 Å². The molecule has 0 saturated heterocycles. The molecular weight excluding hydrogens is 364 g/mol. The smallest absolute Gasteiger partial charge is 0.226 e. The second-order valence-corrected chi connectivity index (χ2v) is 7.86. The Bertz CT molecular complexity index is 723. The normalized spacial score (nSPS) is 16.2. The minimum absolute atomic E-state index is 0.104. The Kier molecular flexibility index (Phi) is 7.30. The fourth-order valence-corrected chi connectivity index (χ4v) is 3.84. The summed E-state index contributed by atoms with van der Waals surface area (Å²) in [5, 5.41) is 13.2. The lowest BCUT2D eigenvalue weighted by Gasteiger charge is -2.25. The molecule has 1 saturated carbocycles. The first-order valence-electron chi connectivity index (χ1n) is 9.72. The van der Waals surface area contributed by atoms with Gasteiger partial charge in [0.2, 0.25) is 11.8 Å². The molecule has 0 aliphatic heterocycles. The lowest BCUT2D eigenvalue weighted by Crippen LogP contribution is -2.33. The van der Waals surface area contributed by atoms with E-state index in [1.807, 2.05) is 12.1 Å². The van der Waals surface area contributed by atoms with Crippen LogP contribution in [0, 0.1) is 11.8 Å². The van der Waals surface area contributed by atoms with Crippen LogP contribution in [-0.2, 0) is 11.2 Å². The van der Waals surface area contributed by atoms with Crippen molar-refractivity contribution in [3.8, 4) is 11.5 Å². The number of nitrogens with one attached hydrogen (secondary N) is 1. The van der Waals surface area contributed by atoms with Crippen LogP contribution in [0.1, 0.15) is 44.2 Å². The summed E-state index contributed by atoms with van der Waals surface area (Å²) in [4.78, 5) is 16.6. The number of aromatic nitrogens is 1. The Labute approximate surface area is 165 Å². The highest BCUT2D eigenvalue weighted by Gasteiger charge is 2.19. The van der Waals surface area contributed by atoms with Crippen molar-refractivity contribution in [3.63, 3.8) is 0 Å². The molecular formula is C21H27ClN2O3. The van der Waals surface area contributed by atoms with Gasteiger partial charge in [-0.15, -0.1) is 0 Å². The van der Waals surface area contributed by atoms with Crippen LogP contribution < -0.4 is 5.32 Å². The molecule has 2 N–H and O–H groups in total. The Morgan fingerprint density at radius 2 is 2.00 bits per heavy atom. The van der Waals surface area contributed by atoms with Crippen LogP contribution in [0.3, 0.4) is 0 Å². The van der Waals surface area contributed by atoms with Gasteiger partial charge in [0.1, 0.15) is 6.26 Å². The number of aliphatic hydroxyl groups is 1. The zero-order valence-electron chi connectivity index (χ0n) is 15.5. The molecule has 0 radical (unpaired) electrons. The molecule has 1 aromatic carbocycles. The molecule has 0 unspecified atom stereocenters. The van der Waals surface area contributed by atoms with Gasteiger partial charge in [0.15, 0.2) is 0 Å². The zero-order chi connectivity index (χ0) is 19.1. The predicted molar refractivity (Wildman–Crippen MR) is 105 cm³/mol. The van der Waals surface area contributed by atoms with Crippen LogP contribution in [0.15, 0.2) is 34.9 Å². The van der Waals surface area contributed by atoms with Crippen molar-refractivity contribution in [2.45, 2.75) is 44.9 Å². The molecule has 6 heteroatoms. The molecule has 1 amide bonds. The van der Waals surface area contributed by atoms with Crippen molar-refractivity contribution in [3.05, 3.63) is 41.2 Å². The minimum Gasteiger partial charge on any atom is -0.444 e. The predicted octanol–water partition coefficient (Wildman–Crippen LogP) is 4.23. The van der Waals surface area contributed by atoms with Gasteiger partial charge < -0.3 is 14.8 Å². The van der Waals surface area contributed by atoms with Gasteiger partial charge in [0.05, 0.1) is 12.1 Å². The lowest BCUT2D eigenvalue weighted by molar-refractivity contribution is -0.120. The monoisotopic (exact) mass is 390 g/mol. The van der Waals surface area contributed by atoms with Gasteiger partial charge in [-0.1, -0.05) is 43.7 Å². The van der Waals surface area contributed by atoms with Crippen LogP contribution in [0.25, 0.3) is 11.5 Å². The number of halogens is 1. The van der Waals surface area contributed by atoms with Crippen LogP contribution >= 0.6 is 11.6 Å². The largest absolute Gasteiger partial charge is 0.444 e. The molecule has 2 aromatic rings. The van der Waals surface area contributed by atoms with E-state index in [-0.39, 0.29) is 24.9 Å². The van der Waals surface area contributed by atoms with Gasteiger partial charge in [-0.2, -0.15) is 0 Å². The number of amides is 1.